The molecule has 3 heterocycles. The number of carbonyl (C=O) groups is 2. The number of methoxy groups -OCH3 is 1. The summed E-state index contributed by atoms with van der Waals surface area (Å²) in [4.78, 5) is 29.9. The van der Waals surface area contributed by atoms with E-state index in [4.69, 9.17) is 14.2 Å². The number of aliphatic hydroxyl groups is 1. The second kappa shape index (κ2) is 15.1. The highest BCUT2D eigenvalue weighted by atomic mass is 19.1. The lowest BCUT2D eigenvalue weighted by molar-refractivity contribution is -0.151. The predicted octanol–water partition coefficient (Wildman–Crippen LogP) is 5.01. The molecule has 0 spiro atoms. The molecule has 12 heteroatoms. The molecular formula is C35H44FN5O6. The molecule has 5 atom stereocenters. The Hall–Kier alpha value is -4.29. The normalized spacial score (nSPS) is 25.9. The summed E-state index contributed by atoms with van der Waals surface area (Å²) in [7, 11) is 3.61. The van der Waals surface area contributed by atoms with Crippen LogP contribution < -0.4 is 4.74 Å². The van der Waals surface area contributed by atoms with Crippen LogP contribution in [0.1, 0.15) is 45.6 Å². The average Bonchev–Trinajstić information content (AvgIpc) is 3.48. The molecule has 1 fully saturated rings. The first-order chi connectivity index (χ1) is 22.5. The van der Waals surface area contributed by atoms with Crippen LogP contribution in [0.2, 0.25) is 0 Å². The number of ether oxygens (including phenoxy) is 3. The van der Waals surface area contributed by atoms with E-state index in [1.165, 1.54) is 6.07 Å². The van der Waals surface area contributed by atoms with Crippen LogP contribution in [0.5, 0.6) is 5.75 Å². The molecule has 252 valence electrons. The van der Waals surface area contributed by atoms with Crippen molar-refractivity contribution in [2.75, 3.05) is 40.3 Å². The summed E-state index contributed by atoms with van der Waals surface area (Å²) in [5.41, 5.74) is 2.50. The van der Waals surface area contributed by atoms with Gasteiger partial charge >= 0.3 is 12.1 Å². The fraction of sp³-hybridized carbons (Fsp3) is 0.486. The number of piperazine rings is 1. The van der Waals surface area contributed by atoms with Gasteiger partial charge in [0.25, 0.3) is 0 Å². The molecule has 0 aliphatic carbocycles. The number of likely N-dealkylation sites (N-methyl/N-ethyl adjacent to an activating group) is 1. The number of cyclic esters (lactones) is 1. The molecule has 1 amide bonds. The lowest BCUT2D eigenvalue weighted by Gasteiger charge is -2.33. The van der Waals surface area contributed by atoms with Gasteiger partial charge in [-0.3, -0.25) is 4.79 Å². The highest BCUT2D eigenvalue weighted by molar-refractivity contribution is 5.80. The summed E-state index contributed by atoms with van der Waals surface area (Å²) < 4.78 is 34.0. The van der Waals surface area contributed by atoms with E-state index in [0.717, 1.165) is 13.1 Å². The van der Waals surface area contributed by atoms with E-state index >= 15 is 4.39 Å². The Bertz CT molecular complexity index is 1610. The van der Waals surface area contributed by atoms with Crippen LogP contribution >= 0.6 is 0 Å². The van der Waals surface area contributed by atoms with Crippen LogP contribution in [0, 0.1) is 17.7 Å². The van der Waals surface area contributed by atoms with E-state index in [0.29, 0.717) is 54.0 Å². The second-order valence-electron chi connectivity index (χ2n) is 12.7. The van der Waals surface area contributed by atoms with E-state index in [9.17, 15) is 14.7 Å². The number of nitrogens with zero attached hydrogens (tertiary/aromatic N) is 5. The Kier molecular flexibility index (Phi) is 10.9. The maximum absolute atomic E-state index is 15.3. The summed E-state index contributed by atoms with van der Waals surface area (Å²) >= 11 is 0. The van der Waals surface area contributed by atoms with Crippen molar-refractivity contribution in [2.45, 2.75) is 58.3 Å². The summed E-state index contributed by atoms with van der Waals surface area (Å²) in [6, 6.07) is 10.3. The van der Waals surface area contributed by atoms with Crippen molar-refractivity contribution in [1.29, 1.82) is 0 Å². The van der Waals surface area contributed by atoms with Crippen LogP contribution in [-0.2, 0) is 14.3 Å². The van der Waals surface area contributed by atoms with Crippen molar-refractivity contribution in [1.82, 2.24) is 24.8 Å². The molecule has 0 unspecified atom stereocenters. The summed E-state index contributed by atoms with van der Waals surface area (Å²) in [5.74, 6) is -0.796. The SMILES string of the molecule is COc1ccc(-n2nnc3c(F)cc(/C=C(\C)[C@H]4OC(=O)C[C@H](O)CC[C@H](C)[C@@H](OC(=O)N5CCN(C)CC5)/C=C\[C@@H]4C)cc32)cc1. The Balaban J connectivity index is 1.42. The molecule has 47 heavy (non-hydrogen) atoms. The smallest absolute Gasteiger partial charge is 0.410 e. The predicted molar refractivity (Wildman–Crippen MR) is 176 cm³/mol. The topological polar surface area (TPSA) is 119 Å². The fourth-order valence-corrected chi connectivity index (χ4v) is 5.97. The molecule has 2 aliphatic rings. The van der Waals surface area contributed by atoms with Gasteiger partial charge in [0.15, 0.2) is 5.82 Å². The number of aromatic nitrogens is 3. The number of hydrogen-bond donors (Lipinski definition) is 1. The minimum Gasteiger partial charge on any atom is -0.497 e. The van der Waals surface area contributed by atoms with Gasteiger partial charge in [-0.2, -0.15) is 0 Å². The highest BCUT2D eigenvalue weighted by Gasteiger charge is 2.29. The first-order valence-corrected chi connectivity index (χ1v) is 16.1. The van der Waals surface area contributed by atoms with Crippen molar-refractivity contribution in [3.63, 3.8) is 0 Å². The molecule has 3 aromatic rings. The maximum atomic E-state index is 15.3. The molecule has 0 saturated carbocycles. The van der Waals surface area contributed by atoms with E-state index in [2.05, 4.69) is 15.2 Å². The van der Waals surface area contributed by atoms with Crippen LogP contribution in [0.3, 0.4) is 0 Å². The van der Waals surface area contributed by atoms with Gasteiger partial charge in [-0.15, -0.1) is 5.10 Å². The van der Waals surface area contributed by atoms with Crippen molar-refractivity contribution in [3.05, 3.63) is 65.5 Å². The largest absolute Gasteiger partial charge is 0.497 e. The summed E-state index contributed by atoms with van der Waals surface area (Å²) in [6.45, 7) is 8.46. The maximum Gasteiger partial charge on any atom is 0.410 e. The standard InChI is InChI=1S/C35H44FN5O6/c1-22-6-10-27(42)21-32(43)47-34(23(2)7-13-31(22)46-35(44)40-16-14-39(4)15-17-40)24(3)18-25-19-29(36)33-30(20-25)41(38-37-33)26-8-11-28(45-5)12-9-26/h7-9,11-13,18-20,22-23,27,31,34,42H,6,10,14-17,21H2,1-5H3/b13-7-,24-18+/t22-,23-,27+,31-,34-/m0/s1. The monoisotopic (exact) mass is 649 g/mol. The Morgan fingerprint density at radius 3 is 2.51 bits per heavy atom. The molecule has 0 bridgehead atoms. The number of rotatable bonds is 5. The van der Waals surface area contributed by atoms with Crippen molar-refractivity contribution in [2.24, 2.45) is 11.8 Å². The first kappa shape index (κ1) is 34.1. The molecule has 11 nitrogen and oxygen atoms in total. The quantitative estimate of drug-likeness (QED) is 0.301. The van der Waals surface area contributed by atoms with Gasteiger partial charge in [0, 0.05) is 32.1 Å². The Morgan fingerprint density at radius 1 is 1.09 bits per heavy atom. The van der Waals surface area contributed by atoms with Gasteiger partial charge in [0.1, 0.15) is 23.5 Å². The number of hydrogen-bond acceptors (Lipinski definition) is 9. The van der Waals surface area contributed by atoms with Gasteiger partial charge in [0.2, 0.25) is 0 Å². The third kappa shape index (κ3) is 8.36. The van der Waals surface area contributed by atoms with Crippen LogP contribution in [-0.4, -0.2) is 101 Å². The third-order valence-corrected chi connectivity index (χ3v) is 8.95. The van der Waals surface area contributed by atoms with Crippen LogP contribution in [0.15, 0.2) is 54.1 Å². The second-order valence-corrected chi connectivity index (χ2v) is 12.7. The van der Waals surface area contributed by atoms with Crippen LogP contribution in [0.25, 0.3) is 22.8 Å². The van der Waals surface area contributed by atoms with E-state index in [1.807, 2.05) is 52.1 Å². The van der Waals surface area contributed by atoms with Gasteiger partial charge in [-0.05, 0) is 86.3 Å². The zero-order chi connectivity index (χ0) is 33.7. The lowest BCUT2D eigenvalue weighted by atomic mass is 9.91. The van der Waals surface area contributed by atoms with Gasteiger partial charge < -0.3 is 29.1 Å². The number of aliphatic hydroxyl groups excluding tert-OH is 1. The Labute approximate surface area is 274 Å². The number of amides is 1. The third-order valence-electron chi connectivity index (χ3n) is 8.95. The molecule has 5 rings (SSSR count). The number of fused-ring (bicyclic) bond motifs is 1. The van der Waals surface area contributed by atoms with Crippen molar-refractivity contribution in [3.8, 4) is 11.4 Å². The van der Waals surface area contributed by atoms with E-state index in [1.54, 1.807) is 41.0 Å². The van der Waals surface area contributed by atoms with E-state index in [-0.39, 0.29) is 29.9 Å². The number of esters is 1. The van der Waals surface area contributed by atoms with E-state index < -0.39 is 30.1 Å². The Morgan fingerprint density at radius 2 is 1.81 bits per heavy atom. The molecule has 1 saturated heterocycles. The van der Waals surface area contributed by atoms with Crippen LogP contribution in [0.4, 0.5) is 9.18 Å². The molecule has 2 aromatic carbocycles. The zero-order valence-electron chi connectivity index (χ0n) is 27.6. The number of benzene rings is 2. The highest BCUT2D eigenvalue weighted by Crippen LogP contribution is 2.28. The zero-order valence-corrected chi connectivity index (χ0v) is 27.6. The van der Waals surface area contributed by atoms with Gasteiger partial charge in [0.05, 0.1) is 30.8 Å². The summed E-state index contributed by atoms with van der Waals surface area (Å²) in [6.07, 6.45) is 3.77. The van der Waals surface area contributed by atoms with Gasteiger partial charge in [-0.25, -0.2) is 13.9 Å². The molecule has 0 radical (unpaired) electrons. The lowest BCUT2D eigenvalue weighted by Crippen LogP contribution is -2.48. The fourth-order valence-electron chi connectivity index (χ4n) is 5.97. The minimum absolute atomic E-state index is 0.0890. The molecule has 2 aliphatic heterocycles. The number of carbonyl (C=O) groups excluding carboxylic acids is 2. The minimum atomic E-state index is -0.898. The van der Waals surface area contributed by atoms with Crippen molar-refractivity contribution >= 4 is 29.2 Å². The molecular weight excluding hydrogens is 605 g/mol. The van der Waals surface area contributed by atoms with Crippen molar-refractivity contribution < 1.29 is 33.3 Å². The number of halogens is 1. The summed E-state index contributed by atoms with van der Waals surface area (Å²) in [5, 5.41) is 18.9. The first-order valence-electron chi connectivity index (χ1n) is 16.1. The molecule has 1 N–H and O–H groups in total. The average molecular weight is 650 g/mol. The van der Waals surface area contributed by atoms with Gasteiger partial charge in [-0.1, -0.05) is 31.2 Å². The molecule has 1 aromatic heterocycles.